The second-order valence-electron chi connectivity index (χ2n) is 8.07. The van der Waals surface area contributed by atoms with Gasteiger partial charge in [-0.25, -0.2) is 12.8 Å². The Bertz CT molecular complexity index is 1250. The largest absolute Gasteiger partial charge is 0.465 e. The van der Waals surface area contributed by atoms with Gasteiger partial charge in [0, 0.05) is 12.6 Å². The van der Waals surface area contributed by atoms with Crippen LogP contribution in [0.15, 0.2) is 23.2 Å². The highest BCUT2D eigenvalue weighted by molar-refractivity contribution is 7.92. The molecule has 0 N–H and O–H groups in total. The summed E-state index contributed by atoms with van der Waals surface area (Å²) >= 11 is 0.950. The van der Waals surface area contributed by atoms with E-state index in [4.69, 9.17) is 4.74 Å². The summed E-state index contributed by atoms with van der Waals surface area (Å²) in [5, 5.41) is 0. The van der Waals surface area contributed by atoms with Crippen LogP contribution in [0.3, 0.4) is 0 Å². The van der Waals surface area contributed by atoms with Gasteiger partial charge in [-0.1, -0.05) is 18.3 Å². The van der Waals surface area contributed by atoms with Crippen molar-refractivity contribution in [1.82, 2.24) is 9.47 Å². The molecule has 0 radical (unpaired) electrons. The van der Waals surface area contributed by atoms with Gasteiger partial charge in [0.2, 0.25) is 5.91 Å². The number of fused-ring (bicyclic) bond motifs is 1. The molecule has 0 aliphatic carbocycles. The number of hydrogen-bond acceptors (Lipinski definition) is 7. The molecule has 2 heterocycles. The van der Waals surface area contributed by atoms with Crippen LogP contribution in [0.4, 0.5) is 4.39 Å². The Labute approximate surface area is 201 Å². The van der Waals surface area contributed by atoms with Crippen LogP contribution in [0.1, 0.15) is 39.5 Å². The van der Waals surface area contributed by atoms with Crippen LogP contribution in [-0.4, -0.2) is 66.4 Å². The Morgan fingerprint density at radius 1 is 1.21 bits per heavy atom. The van der Waals surface area contributed by atoms with E-state index in [1.165, 1.54) is 22.8 Å². The number of halogens is 1. The number of benzene rings is 1. The van der Waals surface area contributed by atoms with Crippen molar-refractivity contribution in [3.63, 3.8) is 0 Å². The molecule has 1 fully saturated rings. The second kappa shape index (κ2) is 11.2. The van der Waals surface area contributed by atoms with E-state index in [1.807, 2.05) is 6.92 Å². The first-order valence-electron chi connectivity index (χ1n) is 11.2. The number of esters is 1. The molecule has 2 aromatic rings. The molecule has 3 rings (SSSR count). The normalized spacial score (nSPS) is 17.2. The predicted molar refractivity (Wildman–Crippen MR) is 125 cm³/mol. The Morgan fingerprint density at radius 3 is 2.68 bits per heavy atom. The minimum Gasteiger partial charge on any atom is -0.465 e. The number of aromatic nitrogens is 1. The highest BCUT2D eigenvalue weighted by atomic mass is 32.2. The van der Waals surface area contributed by atoms with Gasteiger partial charge in [-0.05, 0) is 50.8 Å². The molecule has 1 aliphatic rings. The van der Waals surface area contributed by atoms with E-state index in [-0.39, 0.29) is 24.0 Å². The lowest BCUT2D eigenvalue weighted by atomic mass is 10.0. The van der Waals surface area contributed by atoms with Crippen molar-refractivity contribution >= 4 is 49.2 Å². The van der Waals surface area contributed by atoms with Gasteiger partial charge in [0.1, 0.15) is 23.9 Å². The molecule has 0 bridgehead atoms. The third kappa shape index (κ3) is 6.50. The van der Waals surface area contributed by atoms with Gasteiger partial charge in [-0.15, -0.1) is 0 Å². The van der Waals surface area contributed by atoms with Gasteiger partial charge in [-0.3, -0.25) is 14.4 Å². The highest BCUT2D eigenvalue weighted by Crippen LogP contribution is 2.20. The molecule has 12 heteroatoms. The fourth-order valence-electron chi connectivity index (χ4n) is 4.02. The number of nitrogens with zero attached hydrogens (tertiary/aromatic N) is 3. The van der Waals surface area contributed by atoms with Crippen LogP contribution in [-0.2, 0) is 35.5 Å². The zero-order chi connectivity index (χ0) is 24.9. The fourth-order valence-corrected chi connectivity index (χ4v) is 6.18. The molecule has 1 aliphatic heterocycles. The molecular formula is C22H28FN3O6S2. The molecule has 186 valence electrons. The average Bonchev–Trinajstić information content (AvgIpc) is 3.08. The maximum absolute atomic E-state index is 13.7. The molecular weight excluding hydrogens is 485 g/mol. The summed E-state index contributed by atoms with van der Waals surface area (Å²) in [6, 6.07) is 3.91. The number of carbonyl (C=O) groups is 3. The van der Waals surface area contributed by atoms with Crippen molar-refractivity contribution in [2.24, 2.45) is 4.99 Å². The Hall–Kier alpha value is -2.60. The first-order chi connectivity index (χ1) is 16.1. The standard InChI is InChI=1S/C22H28FN3O6S2/c1-3-16-7-5-6-10-25(16)20(28)14-34(30,31)13-19(27)24-22-26(12-21(29)32-4-2)17-9-8-15(23)11-18(17)33-22/h8-9,11,16H,3-7,10,12-14H2,1-2H3. The van der Waals surface area contributed by atoms with Gasteiger partial charge in [-0.2, -0.15) is 4.99 Å². The molecule has 1 atom stereocenters. The van der Waals surface area contributed by atoms with Gasteiger partial charge < -0.3 is 14.2 Å². The summed E-state index contributed by atoms with van der Waals surface area (Å²) in [6.45, 7) is 4.00. The lowest BCUT2D eigenvalue weighted by Gasteiger charge is -2.35. The molecule has 0 spiro atoms. The van der Waals surface area contributed by atoms with E-state index in [0.717, 1.165) is 37.0 Å². The fraction of sp³-hybridized carbons (Fsp3) is 0.545. The van der Waals surface area contributed by atoms with Gasteiger partial charge in [0.25, 0.3) is 5.91 Å². The lowest BCUT2D eigenvalue weighted by molar-refractivity contribution is -0.143. The minimum atomic E-state index is -4.05. The summed E-state index contributed by atoms with van der Waals surface area (Å²) in [7, 11) is -4.05. The van der Waals surface area contributed by atoms with Crippen LogP contribution in [0.25, 0.3) is 10.2 Å². The van der Waals surface area contributed by atoms with Gasteiger partial charge in [0.05, 0.1) is 16.8 Å². The Morgan fingerprint density at radius 2 is 1.97 bits per heavy atom. The van der Waals surface area contributed by atoms with E-state index in [9.17, 15) is 27.2 Å². The lowest BCUT2D eigenvalue weighted by Crippen LogP contribution is -2.46. The molecule has 34 heavy (non-hydrogen) atoms. The van der Waals surface area contributed by atoms with Crippen LogP contribution < -0.4 is 4.80 Å². The summed E-state index contributed by atoms with van der Waals surface area (Å²) < 4.78 is 45.6. The van der Waals surface area contributed by atoms with Gasteiger partial charge in [0.15, 0.2) is 14.6 Å². The summed E-state index contributed by atoms with van der Waals surface area (Å²) in [4.78, 5) is 42.7. The third-order valence-corrected chi connectivity index (χ3v) is 7.98. The summed E-state index contributed by atoms with van der Waals surface area (Å²) in [6.07, 6.45) is 3.40. The number of thiazole rings is 1. The Balaban J connectivity index is 1.82. The number of carbonyl (C=O) groups excluding carboxylic acids is 3. The number of hydrogen-bond donors (Lipinski definition) is 0. The van der Waals surface area contributed by atoms with Crippen LogP contribution >= 0.6 is 11.3 Å². The molecule has 2 amide bonds. The first-order valence-corrected chi connectivity index (χ1v) is 13.8. The maximum Gasteiger partial charge on any atom is 0.326 e. The molecule has 0 saturated carbocycles. The van der Waals surface area contributed by atoms with Gasteiger partial charge >= 0.3 is 5.97 Å². The van der Waals surface area contributed by atoms with E-state index in [1.54, 1.807) is 11.8 Å². The molecule has 1 aromatic carbocycles. The van der Waals surface area contributed by atoms with E-state index in [2.05, 4.69) is 4.99 Å². The van der Waals surface area contributed by atoms with Crippen molar-refractivity contribution < 1.29 is 31.9 Å². The molecule has 9 nitrogen and oxygen atoms in total. The summed E-state index contributed by atoms with van der Waals surface area (Å²) in [5.41, 5.74) is 0.458. The average molecular weight is 514 g/mol. The molecule has 1 unspecified atom stereocenters. The van der Waals surface area contributed by atoms with E-state index < -0.39 is 44.9 Å². The number of ether oxygens (including phenoxy) is 1. The second-order valence-corrected chi connectivity index (χ2v) is 11.1. The smallest absolute Gasteiger partial charge is 0.326 e. The van der Waals surface area contributed by atoms with Crippen molar-refractivity contribution in [2.45, 2.75) is 52.1 Å². The third-order valence-electron chi connectivity index (χ3n) is 5.56. The monoisotopic (exact) mass is 513 g/mol. The zero-order valence-corrected chi connectivity index (χ0v) is 20.8. The molecule has 1 saturated heterocycles. The van der Waals surface area contributed by atoms with Crippen molar-refractivity contribution in [1.29, 1.82) is 0 Å². The van der Waals surface area contributed by atoms with Crippen LogP contribution in [0.5, 0.6) is 0 Å². The summed E-state index contributed by atoms with van der Waals surface area (Å²) in [5.74, 6) is -4.25. The van der Waals surface area contributed by atoms with Crippen LogP contribution in [0.2, 0.25) is 0 Å². The number of piperidine rings is 1. The number of sulfone groups is 1. The van der Waals surface area contributed by atoms with E-state index >= 15 is 0 Å². The SMILES string of the molecule is CCOC(=O)Cn1c(=NC(=O)CS(=O)(=O)CC(=O)N2CCCCC2CC)sc2cc(F)ccc21. The predicted octanol–water partition coefficient (Wildman–Crippen LogP) is 2.04. The topological polar surface area (TPSA) is 115 Å². The van der Waals surface area contributed by atoms with Crippen molar-refractivity contribution in [3.05, 3.63) is 28.8 Å². The minimum absolute atomic E-state index is 0.0117. The van der Waals surface area contributed by atoms with Crippen molar-refractivity contribution in [3.8, 4) is 0 Å². The quantitative estimate of drug-likeness (QED) is 0.499. The first kappa shape index (κ1) is 26.0. The number of likely N-dealkylation sites (tertiary alicyclic amines) is 1. The van der Waals surface area contributed by atoms with E-state index in [0.29, 0.717) is 16.8 Å². The van der Waals surface area contributed by atoms with Crippen molar-refractivity contribution in [2.75, 3.05) is 24.7 Å². The van der Waals surface area contributed by atoms with Crippen LogP contribution in [0, 0.1) is 5.82 Å². The number of amides is 2. The highest BCUT2D eigenvalue weighted by Gasteiger charge is 2.29. The molecule has 1 aromatic heterocycles. The maximum atomic E-state index is 13.7. The zero-order valence-electron chi connectivity index (χ0n) is 19.2. The number of rotatable bonds is 8. The Kier molecular flexibility index (Phi) is 8.58.